The lowest BCUT2D eigenvalue weighted by molar-refractivity contribution is -0.0926. The number of carbonyl (C=O) groups is 1. The number of phosphoric ester groups is 1. The molecular formula is C21H20F2N5O8P. The first kappa shape index (κ1) is 24.1. The number of fused-ring (bicyclic) bond motifs is 2. The van der Waals surface area contributed by atoms with Crippen molar-refractivity contribution in [1.82, 2.24) is 19.5 Å². The fourth-order valence-electron chi connectivity index (χ4n) is 4.73. The number of nitrogen functional groups attached to an aromatic ring is 1. The molecule has 13 nitrogen and oxygen atoms in total. The van der Waals surface area contributed by atoms with Crippen LogP contribution in [0.3, 0.4) is 0 Å². The van der Waals surface area contributed by atoms with Gasteiger partial charge in [0.2, 0.25) is 0 Å². The minimum Gasteiger partial charge on any atom is -0.424 e. The van der Waals surface area contributed by atoms with Crippen molar-refractivity contribution in [2.75, 3.05) is 18.9 Å². The number of nitrogens with zero attached hydrogens (tertiary/aromatic N) is 4. The Labute approximate surface area is 207 Å². The number of anilines is 1. The first-order valence-corrected chi connectivity index (χ1v) is 12.6. The van der Waals surface area contributed by atoms with Crippen molar-refractivity contribution in [3.63, 3.8) is 0 Å². The van der Waals surface area contributed by atoms with Crippen LogP contribution >= 0.6 is 7.82 Å². The van der Waals surface area contributed by atoms with Gasteiger partial charge in [0, 0.05) is 12.5 Å². The SMILES string of the molecule is C[C@@]12OC(=O)O[C@@H]1[C@@H](COP1(=O)OCC[C@@H](c3cc(F)cc(F)c3)O1)O[C@H]2n1cnc2c(N)ncnc21. The third-order valence-electron chi connectivity index (χ3n) is 6.40. The van der Waals surface area contributed by atoms with Crippen LogP contribution in [0.25, 0.3) is 11.2 Å². The van der Waals surface area contributed by atoms with Crippen LogP contribution < -0.4 is 5.73 Å². The Kier molecular flexibility index (Phi) is 5.65. The summed E-state index contributed by atoms with van der Waals surface area (Å²) >= 11 is 0. The van der Waals surface area contributed by atoms with Gasteiger partial charge in [-0.1, -0.05) is 0 Å². The zero-order chi connectivity index (χ0) is 25.9. The number of hydrogen-bond acceptors (Lipinski definition) is 12. The summed E-state index contributed by atoms with van der Waals surface area (Å²) in [6.07, 6.45) is -1.88. The molecule has 6 rings (SSSR count). The van der Waals surface area contributed by atoms with E-state index in [1.807, 2.05) is 0 Å². The molecule has 3 aromatic rings. The summed E-state index contributed by atoms with van der Waals surface area (Å²) in [5, 5.41) is 0. The van der Waals surface area contributed by atoms with E-state index in [0.29, 0.717) is 11.2 Å². The van der Waals surface area contributed by atoms with Crippen LogP contribution in [0.5, 0.6) is 0 Å². The highest BCUT2D eigenvalue weighted by atomic mass is 31.2. The fraction of sp³-hybridized carbons (Fsp3) is 0.429. The van der Waals surface area contributed by atoms with Gasteiger partial charge in [0.15, 0.2) is 29.4 Å². The molecular weight excluding hydrogens is 519 g/mol. The van der Waals surface area contributed by atoms with Crippen molar-refractivity contribution >= 4 is 31.0 Å². The van der Waals surface area contributed by atoms with Crippen molar-refractivity contribution in [1.29, 1.82) is 0 Å². The topological polar surface area (TPSA) is 159 Å². The first-order chi connectivity index (χ1) is 17.6. The normalized spacial score (nSPS) is 33.3. The number of halogens is 2. The van der Waals surface area contributed by atoms with E-state index in [4.69, 9.17) is 33.5 Å². The third-order valence-corrected chi connectivity index (χ3v) is 7.88. The average molecular weight is 539 g/mol. The van der Waals surface area contributed by atoms with Gasteiger partial charge < -0.3 is 19.9 Å². The number of benzene rings is 1. The van der Waals surface area contributed by atoms with Gasteiger partial charge in [0.05, 0.1) is 25.6 Å². The minimum atomic E-state index is -4.18. The molecule has 2 N–H and O–H groups in total. The van der Waals surface area contributed by atoms with Gasteiger partial charge in [-0.25, -0.2) is 33.1 Å². The summed E-state index contributed by atoms with van der Waals surface area (Å²) in [6.45, 7) is 1.17. The molecule has 0 spiro atoms. The van der Waals surface area contributed by atoms with E-state index in [0.717, 1.165) is 18.2 Å². The van der Waals surface area contributed by atoms with Gasteiger partial charge >= 0.3 is 14.0 Å². The number of imidazole rings is 1. The molecule has 0 aliphatic carbocycles. The van der Waals surface area contributed by atoms with Gasteiger partial charge in [0.25, 0.3) is 0 Å². The Bertz CT molecular complexity index is 1420. The summed E-state index contributed by atoms with van der Waals surface area (Å²) < 4.78 is 75.3. The Morgan fingerprint density at radius 2 is 2.03 bits per heavy atom. The molecule has 2 aromatic heterocycles. The molecule has 0 bridgehead atoms. The highest BCUT2D eigenvalue weighted by molar-refractivity contribution is 7.48. The van der Waals surface area contributed by atoms with Crippen molar-refractivity contribution in [3.8, 4) is 0 Å². The average Bonchev–Trinajstić information content (AvgIpc) is 3.47. The molecule has 16 heteroatoms. The second kappa shape index (κ2) is 8.67. The second-order valence-corrected chi connectivity index (χ2v) is 10.5. The van der Waals surface area contributed by atoms with Crippen LogP contribution in [-0.2, 0) is 32.3 Å². The molecule has 6 atom stereocenters. The monoisotopic (exact) mass is 539 g/mol. The minimum absolute atomic E-state index is 0.0460. The van der Waals surface area contributed by atoms with E-state index in [9.17, 15) is 18.1 Å². The van der Waals surface area contributed by atoms with Crippen molar-refractivity contribution in [2.45, 2.75) is 43.5 Å². The lowest BCUT2D eigenvalue weighted by Crippen LogP contribution is -2.42. The maximum absolute atomic E-state index is 13.7. The smallest absolute Gasteiger partial charge is 0.424 e. The molecule has 3 fully saturated rings. The van der Waals surface area contributed by atoms with Crippen molar-refractivity contribution in [3.05, 3.63) is 48.1 Å². The molecule has 3 aliphatic heterocycles. The molecule has 0 radical (unpaired) electrons. The molecule has 3 aliphatic rings. The van der Waals surface area contributed by atoms with E-state index < -0.39 is 62.4 Å². The lowest BCUT2D eigenvalue weighted by Gasteiger charge is -2.30. The quantitative estimate of drug-likeness (QED) is 0.373. The summed E-state index contributed by atoms with van der Waals surface area (Å²) in [5.74, 6) is -1.44. The second-order valence-electron chi connectivity index (χ2n) is 8.85. The molecule has 3 saturated heterocycles. The Balaban J connectivity index is 1.22. The van der Waals surface area contributed by atoms with Gasteiger partial charge in [-0.3, -0.25) is 18.1 Å². The zero-order valence-corrected chi connectivity index (χ0v) is 20.0. The van der Waals surface area contributed by atoms with Crippen molar-refractivity contribution < 1.29 is 45.9 Å². The Hall–Kier alpha value is -3.23. The summed E-state index contributed by atoms with van der Waals surface area (Å²) in [7, 11) is -4.18. The van der Waals surface area contributed by atoms with Gasteiger partial charge in [-0.15, -0.1) is 0 Å². The van der Waals surface area contributed by atoms with Crippen LogP contribution in [0, 0.1) is 11.6 Å². The first-order valence-electron chi connectivity index (χ1n) is 11.2. The summed E-state index contributed by atoms with van der Waals surface area (Å²) in [4.78, 5) is 24.4. The Morgan fingerprint density at radius 3 is 2.81 bits per heavy atom. The standard InChI is InChI=1S/C21H20F2N5O8P/c1-21-16(34-20(29)35-21)14(33-19(21)28-9-27-15-17(24)25-8-26-18(15)28)7-32-37(30)31-3-2-13(36-37)10-4-11(22)6-12(23)5-10/h4-6,8-9,13-14,16,19H,2-3,7H2,1H3,(H2,24,25,26)/t13-,14+,16+,19+,21+,37?/m0/s1. The maximum Gasteiger partial charge on any atom is 0.509 e. The predicted octanol–water partition coefficient (Wildman–Crippen LogP) is 3.18. The molecule has 37 heavy (non-hydrogen) atoms. The Morgan fingerprint density at radius 1 is 1.24 bits per heavy atom. The van der Waals surface area contributed by atoms with E-state index in [1.165, 1.54) is 17.2 Å². The van der Waals surface area contributed by atoms with E-state index in [-0.39, 0.29) is 24.4 Å². The van der Waals surface area contributed by atoms with Crippen LogP contribution in [0.2, 0.25) is 0 Å². The molecule has 5 heterocycles. The largest absolute Gasteiger partial charge is 0.509 e. The number of hydrogen-bond donors (Lipinski definition) is 1. The lowest BCUT2D eigenvalue weighted by atomic mass is 9.96. The molecule has 196 valence electrons. The van der Waals surface area contributed by atoms with Crippen LogP contribution in [-0.4, -0.2) is 56.7 Å². The van der Waals surface area contributed by atoms with Gasteiger partial charge in [-0.2, -0.15) is 0 Å². The predicted molar refractivity (Wildman–Crippen MR) is 118 cm³/mol. The number of ether oxygens (including phenoxy) is 3. The van der Waals surface area contributed by atoms with E-state index >= 15 is 0 Å². The summed E-state index contributed by atoms with van der Waals surface area (Å²) in [6, 6.07) is 2.89. The van der Waals surface area contributed by atoms with Crippen LogP contribution in [0.15, 0.2) is 30.9 Å². The molecule has 1 unspecified atom stereocenters. The fourth-order valence-corrected chi connectivity index (χ4v) is 6.13. The zero-order valence-electron chi connectivity index (χ0n) is 19.2. The maximum atomic E-state index is 13.7. The van der Waals surface area contributed by atoms with Gasteiger partial charge in [0.1, 0.15) is 29.6 Å². The molecule has 0 amide bonds. The highest BCUT2D eigenvalue weighted by Crippen LogP contribution is 2.58. The van der Waals surface area contributed by atoms with Crippen LogP contribution in [0.4, 0.5) is 19.4 Å². The number of carbonyl (C=O) groups excluding carboxylic acids is 1. The summed E-state index contributed by atoms with van der Waals surface area (Å²) in [5.41, 5.74) is 5.35. The number of phosphoric acid groups is 1. The number of aromatic nitrogens is 4. The number of nitrogens with two attached hydrogens (primary N) is 1. The van der Waals surface area contributed by atoms with Crippen LogP contribution in [0.1, 0.15) is 31.2 Å². The van der Waals surface area contributed by atoms with Gasteiger partial charge in [-0.05, 0) is 24.6 Å². The number of rotatable bonds is 5. The molecule has 0 saturated carbocycles. The third kappa shape index (κ3) is 4.12. The highest BCUT2D eigenvalue weighted by Gasteiger charge is 2.64. The van der Waals surface area contributed by atoms with E-state index in [1.54, 1.807) is 6.92 Å². The molecule has 1 aromatic carbocycles. The van der Waals surface area contributed by atoms with E-state index in [2.05, 4.69) is 15.0 Å². The van der Waals surface area contributed by atoms with Crippen molar-refractivity contribution in [2.24, 2.45) is 0 Å².